The third-order valence-electron chi connectivity index (χ3n) is 4.97. The number of carbonyl (C=O) groups is 1. The Morgan fingerprint density at radius 3 is 2.32 bits per heavy atom. The Morgan fingerprint density at radius 1 is 1.11 bits per heavy atom. The molecule has 1 aliphatic heterocycles. The van der Waals surface area contributed by atoms with Crippen molar-refractivity contribution in [2.75, 3.05) is 45.9 Å². The van der Waals surface area contributed by atoms with Crippen LogP contribution in [0.15, 0.2) is 30.7 Å². The number of piperidine rings is 1. The molecule has 1 aliphatic rings. The van der Waals surface area contributed by atoms with E-state index in [4.69, 9.17) is 14.2 Å². The van der Waals surface area contributed by atoms with Gasteiger partial charge in [0.2, 0.25) is 5.75 Å². The van der Waals surface area contributed by atoms with Crippen LogP contribution >= 0.6 is 0 Å². The number of anilines is 1. The summed E-state index contributed by atoms with van der Waals surface area (Å²) in [4.78, 5) is 23.3. The van der Waals surface area contributed by atoms with Gasteiger partial charge in [-0.15, -0.1) is 0 Å². The predicted molar refractivity (Wildman–Crippen MR) is 105 cm³/mol. The average Bonchev–Trinajstić information content (AvgIpc) is 2.77. The van der Waals surface area contributed by atoms with E-state index in [2.05, 4.69) is 20.2 Å². The van der Waals surface area contributed by atoms with Gasteiger partial charge in [-0.2, -0.15) is 0 Å². The van der Waals surface area contributed by atoms with Crippen LogP contribution in [0.25, 0.3) is 0 Å². The SMILES string of the molecule is COc1cc(C(=O)NCC2CCN(c3cnccn3)CC2)cc(OC)c1OC. The molecule has 0 spiro atoms. The fourth-order valence-corrected chi connectivity index (χ4v) is 3.37. The summed E-state index contributed by atoms with van der Waals surface area (Å²) in [6.45, 7) is 2.44. The fraction of sp³-hybridized carbons (Fsp3) is 0.450. The summed E-state index contributed by atoms with van der Waals surface area (Å²) in [5.74, 6) is 2.57. The van der Waals surface area contributed by atoms with Crippen molar-refractivity contribution in [3.8, 4) is 17.2 Å². The van der Waals surface area contributed by atoms with Gasteiger partial charge in [0.25, 0.3) is 5.91 Å². The van der Waals surface area contributed by atoms with Crippen LogP contribution in [0, 0.1) is 5.92 Å². The number of hydrogen-bond acceptors (Lipinski definition) is 7. The average molecular weight is 386 g/mol. The van der Waals surface area contributed by atoms with Gasteiger partial charge in [0.1, 0.15) is 5.82 Å². The standard InChI is InChI=1S/C20H26N4O4/c1-26-16-10-15(11-17(27-2)19(16)28-3)20(25)23-12-14-4-8-24(9-5-14)18-13-21-6-7-22-18/h6-7,10-11,13-14H,4-5,8-9,12H2,1-3H3,(H,23,25). The van der Waals surface area contributed by atoms with Gasteiger partial charge in [-0.1, -0.05) is 0 Å². The van der Waals surface area contributed by atoms with Gasteiger partial charge in [0, 0.05) is 37.6 Å². The zero-order chi connectivity index (χ0) is 19.9. The molecule has 1 aromatic heterocycles. The Balaban J connectivity index is 1.56. The van der Waals surface area contributed by atoms with Crippen LogP contribution in [0.4, 0.5) is 5.82 Å². The highest BCUT2D eigenvalue weighted by molar-refractivity contribution is 5.95. The van der Waals surface area contributed by atoms with Crippen molar-refractivity contribution in [1.82, 2.24) is 15.3 Å². The molecular weight excluding hydrogens is 360 g/mol. The lowest BCUT2D eigenvalue weighted by molar-refractivity contribution is 0.0944. The highest BCUT2D eigenvalue weighted by Gasteiger charge is 2.22. The van der Waals surface area contributed by atoms with Crippen molar-refractivity contribution >= 4 is 11.7 Å². The van der Waals surface area contributed by atoms with Crippen molar-refractivity contribution in [2.45, 2.75) is 12.8 Å². The number of amides is 1. The zero-order valence-electron chi connectivity index (χ0n) is 16.5. The first-order valence-corrected chi connectivity index (χ1v) is 9.25. The number of ether oxygens (including phenoxy) is 3. The van der Waals surface area contributed by atoms with E-state index in [1.54, 1.807) is 30.7 Å². The minimum absolute atomic E-state index is 0.157. The molecule has 0 saturated carbocycles. The van der Waals surface area contributed by atoms with Crippen molar-refractivity contribution in [2.24, 2.45) is 5.92 Å². The second-order valence-electron chi connectivity index (χ2n) is 6.62. The Morgan fingerprint density at radius 2 is 1.79 bits per heavy atom. The van der Waals surface area contributed by atoms with E-state index in [1.165, 1.54) is 21.3 Å². The molecule has 0 atom stereocenters. The molecule has 28 heavy (non-hydrogen) atoms. The van der Waals surface area contributed by atoms with Gasteiger partial charge in [-0.25, -0.2) is 4.98 Å². The smallest absolute Gasteiger partial charge is 0.251 e. The highest BCUT2D eigenvalue weighted by Crippen LogP contribution is 2.38. The number of nitrogens with one attached hydrogen (secondary N) is 1. The monoisotopic (exact) mass is 386 g/mol. The van der Waals surface area contributed by atoms with Crippen molar-refractivity contribution < 1.29 is 19.0 Å². The molecule has 0 unspecified atom stereocenters. The molecule has 1 N–H and O–H groups in total. The maximum absolute atomic E-state index is 12.6. The first kappa shape index (κ1) is 19.7. The first-order valence-electron chi connectivity index (χ1n) is 9.25. The first-order chi connectivity index (χ1) is 13.7. The number of aromatic nitrogens is 2. The normalized spacial score (nSPS) is 14.5. The summed E-state index contributed by atoms with van der Waals surface area (Å²) in [5, 5.41) is 3.03. The van der Waals surface area contributed by atoms with Crippen LogP contribution in [-0.2, 0) is 0 Å². The molecule has 8 heteroatoms. The number of hydrogen-bond donors (Lipinski definition) is 1. The van der Waals surface area contributed by atoms with E-state index >= 15 is 0 Å². The van der Waals surface area contributed by atoms with Crippen LogP contribution in [0.1, 0.15) is 23.2 Å². The second-order valence-corrected chi connectivity index (χ2v) is 6.62. The summed E-state index contributed by atoms with van der Waals surface area (Å²) in [6.07, 6.45) is 7.15. The molecule has 1 fully saturated rings. The molecule has 2 aromatic rings. The molecule has 8 nitrogen and oxygen atoms in total. The largest absolute Gasteiger partial charge is 0.493 e. The lowest BCUT2D eigenvalue weighted by Gasteiger charge is -2.32. The maximum atomic E-state index is 12.6. The predicted octanol–water partition coefficient (Wildman–Crippen LogP) is 2.15. The molecule has 2 heterocycles. The summed E-state index contributed by atoms with van der Waals surface area (Å²) in [5.41, 5.74) is 0.478. The van der Waals surface area contributed by atoms with Crippen LogP contribution in [0.2, 0.25) is 0 Å². The van der Waals surface area contributed by atoms with E-state index in [0.29, 0.717) is 35.3 Å². The summed E-state index contributed by atoms with van der Waals surface area (Å²) < 4.78 is 15.9. The summed E-state index contributed by atoms with van der Waals surface area (Å²) in [6, 6.07) is 3.32. The van der Waals surface area contributed by atoms with Gasteiger partial charge in [-0.3, -0.25) is 9.78 Å². The summed E-state index contributed by atoms with van der Waals surface area (Å²) in [7, 11) is 4.60. The Labute approximate surface area is 164 Å². The maximum Gasteiger partial charge on any atom is 0.251 e. The Hall–Kier alpha value is -3.03. The number of methoxy groups -OCH3 is 3. The van der Waals surface area contributed by atoms with Crippen LogP contribution in [-0.4, -0.2) is 56.8 Å². The van der Waals surface area contributed by atoms with Gasteiger partial charge in [0.15, 0.2) is 11.5 Å². The Bertz CT molecular complexity index is 767. The van der Waals surface area contributed by atoms with E-state index in [1.807, 2.05) is 0 Å². The quantitative estimate of drug-likeness (QED) is 0.780. The molecule has 150 valence electrons. The third-order valence-corrected chi connectivity index (χ3v) is 4.97. The van der Waals surface area contributed by atoms with Crippen LogP contribution in [0.3, 0.4) is 0 Å². The molecule has 0 bridgehead atoms. The molecule has 1 aromatic carbocycles. The lowest BCUT2D eigenvalue weighted by atomic mass is 9.96. The van der Waals surface area contributed by atoms with E-state index in [9.17, 15) is 4.79 Å². The molecular formula is C20H26N4O4. The van der Waals surface area contributed by atoms with Crippen molar-refractivity contribution in [3.05, 3.63) is 36.3 Å². The fourth-order valence-electron chi connectivity index (χ4n) is 3.37. The molecule has 1 saturated heterocycles. The van der Waals surface area contributed by atoms with E-state index < -0.39 is 0 Å². The number of carbonyl (C=O) groups excluding carboxylic acids is 1. The minimum atomic E-state index is -0.157. The highest BCUT2D eigenvalue weighted by atomic mass is 16.5. The molecule has 0 aliphatic carbocycles. The second kappa shape index (κ2) is 9.25. The van der Waals surface area contributed by atoms with Gasteiger partial charge < -0.3 is 24.4 Å². The Kier molecular flexibility index (Phi) is 6.52. The minimum Gasteiger partial charge on any atom is -0.493 e. The van der Waals surface area contributed by atoms with Crippen LogP contribution < -0.4 is 24.4 Å². The third kappa shape index (κ3) is 4.44. The van der Waals surface area contributed by atoms with Gasteiger partial charge in [0.05, 0.1) is 27.5 Å². The topological polar surface area (TPSA) is 85.8 Å². The van der Waals surface area contributed by atoms with Crippen molar-refractivity contribution in [1.29, 1.82) is 0 Å². The van der Waals surface area contributed by atoms with E-state index in [-0.39, 0.29) is 5.91 Å². The molecule has 1 amide bonds. The van der Waals surface area contributed by atoms with Gasteiger partial charge in [-0.05, 0) is 30.9 Å². The van der Waals surface area contributed by atoms with E-state index in [0.717, 1.165) is 31.7 Å². The number of rotatable bonds is 7. The van der Waals surface area contributed by atoms with Crippen LogP contribution in [0.5, 0.6) is 17.2 Å². The molecule has 3 rings (SSSR count). The lowest BCUT2D eigenvalue weighted by Crippen LogP contribution is -2.39. The number of benzene rings is 1. The van der Waals surface area contributed by atoms with Gasteiger partial charge >= 0.3 is 0 Å². The summed E-state index contributed by atoms with van der Waals surface area (Å²) >= 11 is 0. The van der Waals surface area contributed by atoms with Crippen molar-refractivity contribution in [3.63, 3.8) is 0 Å². The number of nitrogens with zero attached hydrogens (tertiary/aromatic N) is 3. The molecule has 0 radical (unpaired) electrons. The zero-order valence-corrected chi connectivity index (χ0v) is 16.5.